The fraction of sp³-hybridized carbons (Fsp3) is 0.462. The standard InChI is InChI=1S/C13H18FNO4S/c1-9-6-7-11(14)8-12(9)20(18,19)15-10(2)4-3-5-13(16)17/h6-8,10,15H,3-5H2,1-2H3,(H,16,17). The molecule has 0 saturated carbocycles. The lowest BCUT2D eigenvalue weighted by atomic mass is 10.1. The summed E-state index contributed by atoms with van der Waals surface area (Å²) in [5, 5.41) is 8.52. The number of carboxylic acid groups (broad SMARTS) is 1. The summed E-state index contributed by atoms with van der Waals surface area (Å²) in [6, 6.07) is 3.16. The van der Waals surface area contributed by atoms with Crippen molar-refractivity contribution < 1.29 is 22.7 Å². The van der Waals surface area contributed by atoms with Gasteiger partial charge in [0.2, 0.25) is 10.0 Å². The monoisotopic (exact) mass is 303 g/mol. The maximum absolute atomic E-state index is 13.1. The predicted octanol–water partition coefficient (Wildman–Crippen LogP) is 2.06. The van der Waals surface area contributed by atoms with Crippen molar-refractivity contribution in [2.45, 2.75) is 44.0 Å². The van der Waals surface area contributed by atoms with Crippen LogP contribution in [0, 0.1) is 12.7 Å². The van der Waals surface area contributed by atoms with E-state index in [4.69, 9.17) is 5.11 Å². The number of sulfonamides is 1. The molecule has 1 aromatic carbocycles. The van der Waals surface area contributed by atoms with E-state index in [0.29, 0.717) is 18.4 Å². The lowest BCUT2D eigenvalue weighted by molar-refractivity contribution is -0.137. The number of carbonyl (C=O) groups is 1. The first-order chi connectivity index (χ1) is 9.22. The van der Waals surface area contributed by atoms with E-state index in [-0.39, 0.29) is 11.3 Å². The maximum Gasteiger partial charge on any atom is 0.303 e. The normalized spacial score (nSPS) is 13.2. The van der Waals surface area contributed by atoms with Crippen LogP contribution in [0.25, 0.3) is 0 Å². The lowest BCUT2D eigenvalue weighted by Crippen LogP contribution is -2.33. The van der Waals surface area contributed by atoms with Crippen LogP contribution in [0.5, 0.6) is 0 Å². The van der Waals surface area contributed by atoms with Crippen LogP contribution in [0.2, 0.25) is 0 Å². The van der Waals surface area contributed by atoms with E-state index in [1.54, 1.807) is 13.8 Å². The summed E-state index contributed by atoms with van der Waals surface area (Å²) in [6.45, 7) is 3.23. The highest BCUT2D eigenvalue weighted by Crippen LogP contribution is 2.17. The SMILES string of the molecule is Cc1ccc(F)cc1S(=O)(=O)NC(C)CCCC(=O)O. The van der Waals surface area contributed by atoms with Gasteiger partial charge in [0.15, 0.2) is 0 Å². The zero-order valence-electron chi connectivity index (χ0n) is 11.4. The third-order valence-corrected chi connectivity index (χ3v) is 4.56. The van der Waals surface area contributed by atoms with Gasteiger partial charge in [-0.25, -0.2) is 17.5 Å². The summed E-state index contributed by atoms with van der Waals surface area (Å²) in [5.74, 6) is -1.53. The van der Waals surface area contributed by atoms with E-state index in [2.05, 4.69) is 4.72 Å². The number of nitrogens with one attached hydrogen (secondary N) is 1. The van der Waals surface area contributed by atoms with Gasteiger partial charge in [0.05, 0.1) is 4.90 Å². The molecule has 7 heteroatoms. The highest BCUT2D eigenvalue weighted by molar-refractivity contribution is 7.89. The molecule has 0 aliphatic rings. The molecule has 0 aliphatic carbocycles. The minimum atomic E-state index is -3.80. The van der Waals surface area contributed by atoms with E-state index >= 15 is 0 Å². The molecule has 0 amide bonds. The van der Waals surface area contributed by atoms with Crippen LogP contribution in [0.15, 0.2) is 23.1 Å². The molecule has 1 rings (SSSR count). The van der Waals surface area contributed by atoms with Gasteiger partial charge in [0.25, 0.3) is 0 Å². The van der Waals surface area contributed by atoms with Gasteiger partial charge in [0.1, 0.15) is 5.82 Å². The number of hydrogen-bond donors (Lipinski definition) is 2. The van der Waals surface area contributed by atoms with Crippen LogP contribution in [0.3, 0.4) is 0 Å². The van der Waals surface area contributed by atoms with Gasteiger partial charge in [0, 0.05) is 12.5 Å². The van der Waals surface area contributed by atoms with Crippen LogP contribution in [-0.2, 0) is 14.8 Å². The van der Waals surface area contributed by atoms with Crippen LogP contribution in [-0.4, -0.2) is 25.5 Å². The molecule has 0 aromatic heterocycles. The van der Waals surface area contributed by atoms with Crippen LogP contribution < -0.4 is 4.72 Å². The lowest BCUT2D eigenvalue weighted by Gasteiger charge is -2.15. The Kier molecular flexibility index (Phi) is 5.64. The minimum Gasteiger partial charge on any atom is -0.481 e. The zero-order valence-corrected chi connectivity index (χ0v) is 12.2. The number of aliphatic carboxylic acids is 1. The number of hydrogen-bond acceptors (Lipinski definition) is 3. The second-order valence-electron chi connectivity index (χ2n) is 4.72. The molecule has 5 nitrogen and oxygen atoms in total. The maximum atomic E-state index is 13.1. The third-order valence-electron chi connectivity index (χ3n) is 2.82. The van der Waals surface area contributed by atoms with Gasteiger partial charge in [-0.05, 0) is 44.4 Å². The van der Waals surface area contributed by atoms with Crippen LogP contribution in [0.1, 0.15) is 31.7 Å². The Morgan fingerprint density at radius 1 is 1.45 bits per heavy atom. The third kappa shape index (κ3) is 4.90. The summed E-state index contributed by atoms with van der Waals surface area (Å²) in [7, 11) is -3.80. The number of rotatable bonds is 7. The molecule has 0 saturated heterocycles. The largest absolute Gasteiger partial charge is 0.481 e. The van der Waals surface area contributed by atoms with E-state index in [0.717, 1.165) is 6.07 Å². The molecule has 0 heterocycles. The molecule has 0 aliphatic heterocycles. The smallest absolute Gasteiger partial charge is 0.303 e. The first kappa shape index (κ1) is 16.6. The van der Waals surface area contributed by atoms with Crippen LogP contribution >= 0.6 is 0 Å². The van der Waals surface area contributed by atoms with Crippen molar-refractivity contribution in [3.63, 3.8) is 0 Å². The Bertz CT molecular complexity index is 586. The highest BCUT2D eigenvalue weighted by Gasteiger charge is 2.20. The quantitative estimate of drug-likeness (QED) is 0.807. The van der Waals surface area contributed by atoms with Gasteiger partial charge in [-0.1, -0.05) is 6.07 Å². The van der Waals surface area contributed by atoms with Crippen molar-refractivity contribution in [1.29, 1.82) is 0 Å². The van der Waals surface area contributed by atoms with Crippen molar-refractivity contribution >= 4 is 16.0 Å². The summed E-state index contributed by atoms with van der Waals surface area (Å²) in [5.41, 5.74) is 0.455. The molecule has 0 bridgehead atoms. The van der Waals surface area contributed by atoms with Gasteiger partial charge in [-0.2, -0.15) is 0 Å². The van der Waals surface area contributed by atoms with E-state index in [1.165, 1.54) is 12.1 Å². The molecule has 112 valence electrons. The minimum absolute atomic E-state index is 0.00887. The predicted molar refractivity (Wildman–Crippen MR) is 72.4 cm³/mol. The van der Waals surface area contributed by atoms with E-state index in [1.807, 2.05) is 0 Å². The molecule has 0 fully saturated rings. The fourth-order valence-electron chi connectivity index (χ4n) is 1.81. The summed E-state index contributed by atoms with van der Waals surface area (Å²) in [4.78, 5) is 10.3. The zero-order chi connectivity index (χ0) is 15.3. The van der Waals surface area contributed by atoms with Gasteiger partial charge < -0.3 is 5.11 Å². The molecular weight excluding hydrogens is 285 g/mol. The first-order valence-corrected chi connectivity index (χ1v) is 7.71. The average Bonchev–Trinajstić information content (AvgIpc) is 2.31. The molecule has 1 unspecified atom stereocenters. The van der Waals surface area contributed by atoms with Crippen molar-refractivity contribution in [3.05, 3.63) is 29.6 Å². The van der Waals surface area contributed by atoms with Crippen molar-refractivity contribution in [3.8, 4) is 0 Å². The Morgan fingerprint density at radius 3 is 2.70 bits per heavy atom. The van der Waals surface area contributed by atoms with Gasteiger partial charge in [-0.3, -0.25) is 4.79 Å². The Hall–Kier alpha value is -1.47. The number of benzene rings is 1. The van der Waals surface area contributed by atoms with Crippen LogP contribution in [0.4, 0.5) is 4.39 Å². The number of halogens is 1. The van der Waals surface area contributed by atoms with Crippen molar-refractivity contribution in [2.24, 2.45) is 0 Å². The second-order valence-corrected chi connectivity index (χ2v) is 6.40. The molecule has 20 heavy (non-hydrogen) atoms. The topological polar surface area (TPSA) is 83.5 Å². The molecule has 2 N–H and O–H groups in total. The second kappa shape index (κ2) is 6.81. The summed E-state index contributed by atoms with van der Waals surface area (Å²) in [6.07, 6.45) is 0.770. The molecule has 0 radical (unpaired) electrons. The van der Waals surface area contributed by atoms with Gasteiger partial charge >= 0.3 is 5.97 Å². The number of carboxylic acids is 1. The molecular formula is C13H18FNO4S. The summed E-state index contributed by atoms with van der Waals surface area (Å²) < 4.78 is 39.8. The highest BCUT2D eigenvalue weighted by atomic mass is 32.2. The first-order valence-electron chi connectivity index (χ1n) is 6.22. The van der Waals surface area contributed by atoms with Crippen molar-refractivity contribution in [2.75, 3.05) is 0 Å². The van der Waals surface area contributed by atoms with Gasteiger partial charge in [-0.15, -0.1) is 0 Å². The van der Waals surface area contributed by atoms with Crippen molar-refractivity contribution in [1.82, 2.24) is 4.72 Å². The van der Waals surface area contributed by atoms with E-state index < -0.39 is 27.9 Å². The number of aryl methyl sites for hydroxylation is 1. The Balaban J connectivity index is 2.74. The van der Waals surface area contributed by atoms with E-state index in [9.17, 15) is 17.6 Å². The Morgan fingerprint density at radius 2 is 2.10 bits per heavy atom. The molecule has 0 spiro atoms. The molecule has 1 atom stereocenters. The average molecular weight is 303 g/mol. The fourth-order valence-corrected chi connectivity index (χ4v) is 3.34. The molecule has 1 aromatic rings. The summed E-state index contributed by atoms with van der Waals surface area (Å²) >= 11 is 0. The Labute approximate surface area is 117 Å².